The zero-order valence-electron chi connectivity index (χ0n) is 14.4. The Morgan fingerprint density at radius 3 is 1.76 bits per heavy atom. The minimum Gasteiger partial charge on any atom is -0.216 e. The smallest absolute Gasteiger partial charge is 0.216 e. The third kappa shape index (κ3) is 3.31. The molecule has 0 unspecified atom stereocenters. The summed E-state index contributed by atoms with van der Waals surface area (Å²) in [5, 5.41) is 4.79. The largest absolute Gasteiger partial charge is 0.251 e. The van der Waals surface area contributed by atoms with E-state index in [1.54, 1.807) is 0 Å². The number of hydrogen-bond acceptors (Lipinski definition) is 3. The standard InChI is InChI=1S/C17H26N4/c1-11-9-12(2)19-15(18-11)21-14(17(6,7)8)10-13(20-21)16(3,4)5/h9-10H,1-8H3. The van der Waals surface area contributed by atoms with Crippen molar-refractivity contribution in [1.82, 2.24) is 19.7 Å². The van der Waals surface area contributed by atoms with Crippen molar-refractivity contribution >= 4 is 0 Å². The highest BCUT2D eigenvalue weighted by atomic mass is 15.4. The van der Waals surface area contributed by atoms with E-state index in [0.717, 1.165) is 22.8 Å². The zero-order chi connectivity index (χ0) is 16.0. The lowest BCUT2D eigenvalue weighted by Crippen LogP contribution is -2.19. The summed E-state index contributed by atoms with van der Waals surface area (Å²) < 4.78 is 1.90. The second-order valence-electron chi connectivity index (χ2n) is 7.78. The van der Waals surface area contributed by atoms with Crippen LogP contribution < -0.4 is 0 Å². The van der Waals surface area contributed by atoms with Crippen LogP contribution in [0.3, 0.4) is 0 Å². The Balaban J connectivity index is 2.69. The predicted octanol–water partition coefficient (Wildman–Crippen LogP) is 3.87. The topological polar surface area (TPSA) is 43.6 Å². The van der Waals surface area contributed by atoms with Crippen molar-refractivity contribution in [2.45, 2.75) is 66.2 Å². The van der Waals surface area contributed by atoms with Gasteiger partial charge in [0.05, 0.1) is 11.4 Å². The first kappa shape index (κ1) is 15.7. The third-order valence-corrected chi connectivity index (χ3v) is 3.41. The van der Waals surface area contributed by atoms with E-state index in [-0.39, 0.29) is 10.8 Å². The Labute approximate surface area is 127 Å². The van der Waals surface area contributed by atoms with Crippen LogP contribution in [0.2, 0.25) is 0 Å². The van der Waals surface area contributed by atoms with Gasteiger partial charge in [0.15, 0.2) is 0 Å². The second-order valence-corrected chi connectivity index (χ2v) is 7.78. The van der Waals surface area contributed by atoms with Gasteiger partial charge in [0.2, 0.25) is 0 Å². The maximum atomic E-state index is 4.79. The normalized spacial score (nSPS) is 12.8. The molecule has 0 spiro atoms. The first-order valence-corrected chi connectivity index (χ1v) is 7.42. The van der Waals surface area contributed by atoms with Crippen LogP contribution in [0, 0.1) is 13.8 Å². The Morgan fingerprint density at radius 2 is 1.33 bits per heavy atom. The number of aromatic nitrogens is 4. The average molecular weight is 286 g/mol. The third-order valence-electron chi connectivity index (χ3n) is 3.41. The fourth-order valence-corrected chi connectivity index (χ4v) is 2.24. The summed E-state index contributed by atoms with van der Waals surface area (Å²) in [5.74, 6) is 0.660. The fraction of sp³-hybridized carbons (Fsp3) is 0.588. The van der Waals surface area contributed by atoms with Crippen molar-refractivity contribution in [2.24, 2.45) is 0 Å². The molecule has 0 aliphatic heterocycles. The molecule has 2 heterocycles. The van der Waals surface area contributed by atoms with Gasteiger partial charge >= 0.3 is 0 Å². The van der Waals surface area contributed by atoms with Crippen LogP contribution >= 0.6 is 0 Å². The molecule has 0 fully saturated rings. The lowest BCUT2D eigenvalue weighted by atomic mass is 9.88. The molecule has 0 bridgehead atoms. The minimum atomic E-state index is -0.0164. The van der Waals surface area contributed by atoms with E-state index in [1.807, 2.05) is 24.6 Å². The molecule has 2 aromatic rings. The van der Waals surface area contributed by atoms with Crippen LogP contribution in [0.25, 0.3) is 5.95 Å². The molecule has 0 N–H and O–H groups in total. The molecule has 4 heteroatoms. The number of hydrogen-bond donors (Lipinski definition) is 0. The van der Waals surface area contributed by atoms with Crippen LogP contribution in [0.1, 0.15) is 64.3 Å². The molecule has 0 saturated carbocycles. The van der Waals surface area contributed by atoms with Crippen molar-refractivity contribution < 1.29 is 0 Å². The van der Waals surface area contributed by atoms with Gasteiger partial charge in [-0.25, -0.2) is 14.6 Å². The van der Waals surface area contributed by atoms with Crippen LogP contribution in [0.5, 0.6) is 0 Å². The molecular formula is C17H26N4. The highest BCUT2D eigenvalue weighted by molar-refractivity contribution is 5.29. The van der Waals surface area contributed by atoms with E-state index in [0.29, 0.717) is 5.95 Å². The maximum absolute atomic E-state index is 4.79. The molecule has 114 valence electrons. The summed E-state index contributed by atoms with van der Waals surface area (Å²) in [4.78, 5) is 9.13. The zero-order valence-corrected chi connectivity index (χ0v) is 14.4. The molecule has 0 atom stereocenters. The molecule has 0 aliphatic rings. The van der Waals surface area contributed by atoms with E-state index >= 15 is 0 Å². The summed E-state index contributed by atoms with van der Waals surface area (Å²) in [6.45, 7) is 17.1. The Hall–Kier alpha value is -1.71. The van der Waals surface area contributed by atoms with Crippen LogP contribution in [0.4, 0.5) is 0 Å². The van der Waals surface area contributed by atoms with Crippen LogP contribution in [0.15, 0.2) is 12.1 Å². The lowest BCUT2D eigenvalue weighted by Gasteiger charge is -2.19. The van der Waals surface area contributed by atoms with Gasteiger partial charge in [-0.15, -0.1) is 0 Å². The summed E-state index contributed by atoms with van der Waals surface area (Å²) >= 11 is 0. The lowest BCUT2D eigenvalue weighted by molar-refractivity contribution is 0.529. The van der Waals surface area contributed by atoms with Gasteiger partial charge in [0, 0.05) is 22.2 Å². The summed E-state index contributed by atoms with van der Waals surface area (Å²) in [5.41, 5.74) is 4.12. The molecule has 0 radical (unpaired) electrons. The second kappa shape index (κ2) is 4.93. The summed E-state index contributed by atoms with van der Waals surface area (Å²) in [7, 11) is 0. The van der Waals surface area contributed by atoms with E-state index in [1.165, 1.54) is 0 Å². The average Bonchev–Trinajstić information content (AvgIpc) is 2.70. The molecule has 4 nitrogen and oxygen atoms in total. The van der Waals surface area contributed by atoms with Crippen molar-refractivity contribution in [3.8, 4) is 5.95 Å². The van der Waals surface area contributed by atoms with Crippen molar-refractivity contribution in [3.05, 3.63) is 34.9 Å². The number of rotatable bonds is 1. The Bertz CT molecular complexity index is 634. The van der Waals surface area contributed by atoms with Gasteiger partial charge in [-0.2, -0.15) is 5.10 Å². The monoisotopic (exact) mass is 286 g/mol. The van der Waals surface area contributed by atoms with Gasteiger partial charge in [-0.05, 0) is 26.0 Å². The van der Waals surface area contributed by atoms with Crippen molar-refractivity contribution in [1.29, 1.82) is 0 Å². The SMILES string of the molecule is Cc1cc(C)nc(-n2nc(C(C)(C)C)cc2C(C)(C)C)n1. The quantitative estimate of drug-likeness (QED) is 0.799. The predicted molar refractivity (Wildman–Crippen MR) is 86.0 cm³/mol. The molecule has 2 rings (SSSR count). The minimum absolute atomic E-state index is 0.00409. The highest BCUT2D eigenvalue weighted by Crippen LogP contribution is 2.29. The highest BCUT2D eigenvalue weighted by Gasteiger charge is 2.27. The van der Waals surface area contributed by atoms with Gasteiger partial charge in [-0.1, -0.05) is 41.5 Å². The van der Waals surface area contributed by atoms with E-state index in [4.69, 9.17) is 5.10 Å². The Morgan fingerprint density at radius 1 is 0.810 bits per heavy atom. The van der Waals surface area contributed by atoms with Gasteiger partial charge in [0.25, 0.3) is 5.95 Å². The molecule has 0 aromatic carbocycles. The summed E-state index contributed by atoms with van der Waals surface area (Å²) in [6, 6.07) is 4.16. The van der Waals surface area contributed by atoms with E-state index < -0.39 is 0 Å². The number of aryl methyl sites for hydroxylation is 2. The molecule has 0 saturated heterocycles. The molecule has 0 amide bonds. The van der Waals surface area contributed by atoms with Crippen LogP contribution in [-0.2, 0) is 10.8 Å². The van der Waals surface area contributed by atoms with E-state index in [2.05, 4.69) is 57.6 Å². The molecular weight excluding hydrogens is 260 g/mol. The van der Waals surface area contributed by atoms with Crippen molar-refractivity contribution in [2.75, 3.05) is 0 Å². The Kier molecular flexibility index (Phi) is 3.68. The number of nitrogens with zero attached hydrogens (tertiary/aromatic N) is 4. The fourth-order valence-electron chi connectivity index (χ4n) is 2.24. The van der Waals surface area contributed by atoms with Gasteiger partial charge in [0.1, 0.15) is 0 Å². The molecule has 2 aromatic heterocycles. The molecule has 21 heavy (non-hydrogen) atoms. The summed E-state index contributed by atoms with van der Waals surface area (Å²) in [6.07, 6.45) is 0. The maximum Gasteiger partial charge on any atom is 0.251 e. The van der Waals surface area contributed by atoms with Crippen LogP contribution in [-0.4, -0.2) is 19.7 Å². The van der Waals surface area contributed by atoms with E-state index in [9.17, 15) is 0 Å². The molecule has 0 aliphatic carbocycles. The first-order chi connectivity index (χ1) is 9.48. The first-order valence-electron chi connectivity index (χ1n) is 7.42. The van der Waals surface area contributed by atoms with Crippen molar-refractivity contribution in [3.63, 3.8) is 0 Å². The van der Waals surface area contributed by atoms with Gasteiger partial charge < -0.3 is 0 Å². The van der Waals surface area contributed by atoms with Gasteiger partial charge in [-0.3, -0.25) is 0 Å².